The van der Waals surface area contributed by atoms with Crippen molar-refractivity contribution in [1.29, 1.82) is 0 Å². The zero-order valence-corrected chi connectivity index (χ0v) is 16.6. The third-order valence-electron chi connectivity index (χ3n) is 5.82. The van der Waals surface area contributed by atoms with Crippen molar-refractivity contribution in [2.45, 2.75) is 83.3 Å². The first-order valence-electron chi connectivity index (χ1n) is 10.3. The second-order valence-corrected chi connectivity index (χ2v) is 7.82. The van der Waals surface area contributed by atoms with Gasteiger partial charge in [0.1, 0.15) is 0 Å². The molecule has 0 aromatic carbocycles. The summed E-state index contributed by atoms with van der Waals surface area (Å²) in [6.07, 6.45) is 11.6. The Kier molecular flexibility index (Phi) is 9.04. The van der Waals surface area contributed by atoms with Gasteiger partial charge in [0.15, 0.2) is 5.96 Å². The van der Waals surface area contributed by atoms with Crippen LogP contribution in [0.4, 0.5) is 0 Å². The van der Waals surface area contributed by atoms with Crippen molar-refractivity contribution in [2.24, 2.45) is 10.9 Å². The second kappa shape index (κ2) is 11.0. The lowest BCUT2D eigenvalue weighted by atomic mass is 9.85. The van der Waals surface area contributed by atoms with Crippen LogP contribution < -0.4 is 10.6 Å². The van der Waals surface area contributed by atoms with E-state index in [9.17, 15) is 0 Å². The Hall–Kier alpha value is -0.810. The minimum Gasteiger partial charge on any atom is -0.381 e. The van der Waals surface area contributed by atoms with E-state index in [0.29, 0.717) is 12.6 Å². The number of nitrogens with one attached hydrogen (secondary N) is 2. The molecule has 0 aromatic heterocycles. The van der Waals surface area contributed by atoms with Gasteiger partial charge in [-0.15, -0.1) is 0 Å². The zero-order chi connectivity index (χ0) is 18.0. The summed E-state index contributed by atoms with van der Waals surface area (Å²) in [6.45, 7) is 7.50. The first-order chi connectivity index (χ1) is 12.2. The average Bonchev–Trinajstić information content (AvgIpc) is 2.66. The van der Waals surface area contributed by atoms with Crippen molar-refractivity contribution in [1.82, 2.24) is 10.6 Å². The van der Waals surface area contributed by atoms with Crippen LogP contribution in [0.25, 0.3) is 0 Å². The molecule has 2 N–H and O–H groups in total. The fraction of sp³-hybridized carbons (Fsp3) is 0.950. The summed E-state index contributed by atoms with van der Waals surface area (Å²) in [4.78, 5) is 4.83. The van der Waals surface area contributed by atoms with Gasteiger partial charge in [-0.1, -0.05) is 32.1 Å². The van der Waals surface area contributed by atoms with Crippen molar-refractivity contribution >= 4 is 5.96 Å². The number of aliphatic imine (C=N–C) groups is 1. The van der Waals surface area contributed by atoms with Gasteiger partial charge in [0.2, 0.25) is 0 Å². The van der Waals surface area contributed by atoms with E-state index < -0.39 is 0 Å². The van der Waals surface area contributed by atoms with E-state index in [2.05, 4.69) is 24.5 Å². The largest absolute Gasteiger partial charge is 0.381 e. The number of nitrogens with zero attached hydrogens (tertiary/aromatic N) is 1. The predicted octanol–water partition coefficient (Wildman–Crippen LogP) is 3.49. The molecule has 1 saturated carbocycles. The Balaban J connectivity index is 1.81. The number of ether oxygens (including phenoxy) is 2. The van der Waals surface area contributed by atoms with E-state index in [1.807, 2.05) is 0 Å². The predicted molar refractivity (Wildman–Crippen MR) is 104 cm³/mol. The van der Waals surface area contributed by atoms with Crippen LogP contribution in [0.5, 0.6) is 0 Å². The molecule has 0 bridgehead atoms. The van der Waals surface area contributed by atoms with E-state index in [4.69, 9.17) is 14.5 Å². The van der Waals surface area contributed by atoms with Crippen LogP contribution in [0.1, 0.15) is 71.6 Å². The van der Waals surface area contributed by atoms with Gasteiger partial charge < -0.3 is 20.1 Å². The molecule has 2 aliphatic rings. The first kappa shape index (κ1) is 20.5. The normalized spacial score (nSPS) is 23.2. The molecule has 1 aliphatic carbocycles. The van der Waals surface area contributed by atoms with Crippen LogP contribution >= 0.6 is 0 Å². The van der Waals surface area contributed by atoms with Crippen LogP contribution in [0.2, 0.25) is 0 Å². The summed E-state index contributed by atoms with van der Waals surface area (Å²) in [5, 5.41) is 6.97. The van der Waals surface area contributed by atoms with Gasteiger partial charge in [-0.3, -0.25) is 4.99 Å². The third kappa shape index (κ3) is 7.14. The Morgan fingerprint density at radius 2 is 1.96 bits per heavy atom. The van der Waals surface area contributed by atoms with Gasteiger partial charge in [-0.2, -0.15) is 0 Å². The molecule has 0 radical (unpaired) electrons. The smallest absolute Gasteiger partial charge is 0.191 e. The van der Waals surface area contributed by atoms with Crippen molar-refractivity contribution in [2.75, 3.05) is 33.4 Å². The molecule has 1 saturated heterocycles. The van der Waals surface area contributed by atoms with Crippen LogP contribution in [0, 0.1) is 5.92 Å². The summed E-state index contributed by atoms with van der Waals surface area (Å²) in [5.74, 6) is 1.86. The van der Waals surface area contributed by atoms with Crippen LogP contribution in [-0.4, -0.2) is 51.0 Å². The van der Waals surface area contributed by atoms with Gasteiger partial charge in [-0.25, -0.2) is 0 Å². The molecule has 0 amide bonds. The molecule has 2 rings (SSSR count). The van der Waals surface area contributed by atoms with Gasteiger partial charge in [-0.05, 0) is 32.6 Å². The zero-order valence-electron chi connectivity index (χ0n) is 16.6. The highest BCUT2D eigenvalue weighted by molar-refractivity contribution is 5.80. The maximum Gasteiger partial charge on any atom is 0.191 e. The monoisotopic (exact) mass is 353 g/mol. The molecule has 146 valence electrons. The summed E-state index contributed by atoms with van der Waals surface area (Å²) in [7, 11) is 1.80. The molecule has 1 atom stereocenters. The van der Waals surface area contributed by atoms with Crippen LogP contribution in [0.15, 0.2) is 4.99 Å². The maximum absolute atomic E-state index is 5.80. The Morgan fingerprint density at radius 1 is 1.24 bits per heavy atom. The van der Waals surface area contributed by atoms with Gasteiger partial charge in [0.05, 0.1) is 12.1 Å². The number of methoxy groups -OCH3 is 1. The molecule has 0 aromatic rings. The quantitative estimate of drug-likeness (QED) is 0.518. The summed E-state index contributed by atoms with van der Waals surface area (Å²) >= 11 is 0. The van der Waals surface area contributed by atoms with Crippen molar-refractivity contribution in [3.8, 4) is 0 Å². The number of hydrogen-bond donors (Lipinski definition) is 2. The average molecular weight is 354 g/mol. The Labute approximate surface area is 154 Å². The summed E-state index contributed by atoms with van der Waals surface area (Å²) < 4.78 is 11.3. The molecule has 0 spiro atoms. The number of hydrogen-bond acceptors (Lipinski definition) is 3. The molecule has 2 fully saturated rings. The van der Waals surface area contributed by atoms with Gasteiger partial charge in [0, 0.05) is 45.8 Å². The molecule has 5 heteroatoms. The van der Waals surface area contributed by atoms with Crippen LogP contribution in [0.3, 0.4) is 0 Å². The molecular formula is C20H39N3O2. The summed E-state index contributed by atoms with van der Waals surface area (Å²) in [6, 6.07) is 0.452. The maximum atomic E-state index is 5.80. The van der Waals surface area contributed by atoms with E-state index in [0.717, 1.165) is 44.5 Å². The topological polar surface area (TPSA) is 54.9 Å². The van der Waals surface area contributed by atoms with Crippen LogP contribution in [-0.2, 0) is 9.47 Å². The van der Waals surface area contributed by atoms with E-state index in [-0.39, 0.29) is 5.60 Å². The van der Waals surface area contributed by atoms with Gasteiger partial charge >= 0.3 is 0 Å². The molecule has 1 unspecified atom stereocenters. The summed E-state index contributed by atoms with van der Waals surface area (Å²) in [5.41, 5.74) is -0.161. The standard InChI is InChI=1S/C20H39N3O2/c1-4-21-19(22-16-20(24-3)12-14-25-15-13-20)23-17(2)10-11-18-8-6-5-7-9-18/h17-18H,4-16H2,1-3H3,(H2,21,22,23). The minimum atomic E-state index is -0.161. The molecule has 1 aliphatic heterocycles. The molecule has 1 heterocycles. The Morgan fingerprint density at radius 3 is 2.60 bits per heavy atom. The minimum absolute atomic E-state index is 0.161. The fourth-order valence-electron chi connectivity index (χ4n) is 3.98. The molecule has 25 heavy (non-hydrogen) atoms. The highest BCUT2D eigenvalue weighted by Gasteiger charge is 2.32. The molecular weight excluding hydrogens is 314 g/mol. The SMILES string of the molecule is CCNC(=NCC1(OC)CCOCC1)NC(C)CCC1CCCCC1. The lowest BCUT2D eigenvalue weighted by Gasteiger charge is -2.34. The van der Waals surface area contributed by atoms with Crippen molar-refractivity contribution in [3.63, 3.8) is 0 Å². The second-order valence-electron chi connectivity index (χ2n) is 7.82. The lowest BCUT2D eigenvalue weighted by Crippen LogP contribution is -2.45. The number of rotatable bonds is 8. The van der Waals surface area contributed by atoms with Crippen molar-refractivity contribution < 1.29 is 9.47 Å². The first-order valence-corrected chi connectivity index (χ1v) is 10.3. The van der Waals surface area contributed by atoms with Crippen molar-refractivity contribution in [3.05, 3.63) is 0 Å². The van der Waals surface area contributed by atoms with E-state index in [1.165, 1.54) is 44.9 Å². The van der Waals surface area contributed by atoms with E-state index in [1.54, 1.807) is 7.11 Å². The van der Waals surface area contributed by atoms with Gasteiger partial charge in [0.25, 0.3) is 0 Å². The Bertz CT molecular complexity index is 388. The third-order valence-corrected chi connectivity index (χ3v) is 5.82. The molecule has 5 nitrogen and oxygen atoms in total. The number of guanidine groups is 1. The fourth-order valence-corrected chi connectivity index (χ4v) is 3.98. The lowest BCUT2D eigenvalue weighted by molar-refractivity contribution is -0.0828. The van der Waals surface area contributed by atoms with E-state index >= 15 is 0 Å². The highest BCUT2D eigenvalue weighted by Crippen LogP contribution is 2.28. The highest BCUT2D eigenvalue weighted by atomic mass is 16.5.